The predicted molar refractivity (Wildman–Crippen MR) is 69.7 cm³/mol. The van der Waals surface area contributed by atoms with E-state index in [1.807, 2.05) is 0 Å². The molecule has 2 heteroatoms. The van der Waals surface area contributed by atoms with Crippen LogP contribution in [0.5, 0.6) is 0 Å². The highest BCUT2D eigenvalue weighted by molar-refractivity contribution is 4.91. The first-order valence-corrected chi connectivity index (χ1v) is 6.86. The molecular weight excluding hydrogens is 198 g/mol. The molecule has 1 aliphatic rings. The second kappa shape index (κ2) is 6.02. The highest BCUT2D eigenvalue weighted by atomic mass is 16.5. The summed E-state index contributed by atoms with van der Waals surface area (Å²) in [5, 5.41) is 3.49. The van der Waals surface area contributed by atoms with Gasteiger partial charge in [0, 0.05) is 6.04 Å². The third-order valence-electron chi connectivity index (χ3n) is 3.77. The Morgan fingerprint density at radius 3 is 2.12 bits per heavy atom. The Labute approximate surface area is 101 Å². The van der Waals surface area contributed by atoms with Gasteiger partial charge in [0.05, 0.1) is 11.7 Å². The van der Waals surface area contributed by atoms with Crippen LogP contribution in [0.15, 0.2) is 0 Å². The quantitative estimate of drug-likeness (QED) is 0.720. The van der Waals surface area contributed by atoms with Crippen molar-refractivity contribution in [1.82, 2.24) is 5.32 Å². The molecule has 1 rings (SSSR count). The Bertz CT molecular complexity index is 197. The van der Waals surface area contributed by atoms with Crippen molar-refractivity contribution in [2.24, 2.45) is 5.92 Å². The van der Waals surface area contributed by atoms with Crippen molar-refractivity contribution >= 4 is 0 Å². The van der Waals surface area contributed by atoms with Crippen LogP contribution in [0.25, 0.3) is 0 Å². The summed E-state index contributed by atoms with van der Waals surface area (Å²) < 4.78 is 6.28. The molecule has 0 amide bonds. The number of hydrogen-bond donors (Lipinski definition) is 1. The molecule has 0 aromatic heterocycles. The lowest BCUT2D eigenvalue weighted by Crippen LogP contribution is -2.46. The molecule has 1 fully saturated rings. The summed E-state index contributed by atoms with van der Waals surface area (Å²) in [7, 11) is 0. The van der Waals surface area contributed by atoms with Crippen molar-refractivity contribution in [2.75, 3.05) is 6.54 Å². The molecule has 1 N–H and O–H groups in total. The molecule has 16 heavy (non-hydrogen) atoms. The van der Waals surface area contributed by atoms with Crippen molar-refractivity contribution in [1.29, 1.82) is 0 Å². The second-order valence-electron chi connectivity index (χ2n) is 5.96. The van der Waals surface area contributed by atoms with Crippen LogP contribution < -0.4 is 5.32 Å². The number of rotatable bonds is 7. The summed E-state index contributed by atoms with van der Waals surface area (Å²) in [4.78, 5) is 0. The predicted octanol–water partition coefficient (Wildman–Crippen LogP) is 3.36. The summed E-state index contributed by atoms with van der Waals surface area (Å²) in [5.41, 5.74) is 0.200. The van der Waals surface area contributed by atoms with Crippen LogP contribution in [0.4, 0.5) is 0 Å². The maximum Gasteiger partial charge on any atom is 0.0698 e. The molecule has 1 aliphatic carbocycles. The largest absolute Gasteiger partial charge is 0.372 e. The molecule has 1 saturated carbocycles. The van der Waals surface area contributed by atoms with E-state index in [1.165, 1.54) is 25.7 Å². The maximum atomic E-state index is 6.28. The van der Waals surface area contributed by atoms with Gasteiger partial charge in [0.1, 0.15) is 0 Å². The zero-order valence-electron chi connectivity index (χ0n) is 11.7. The third-order valence-corrected chi connectivity index (χ3v) is 3.77. The van der Waals surface area contributed by atoms with Gasteiger partial charge in [-0.3, -0.25) is 0 Å². The first-order chi connectivity index (χ1) is 7.45. The van der Waals surface area contributed by atoms with E-state index in [1.54, 1.807) is 0 Å². The van der Waals surface area contributed by atoms with Crippen LogP contribution in [0.1, 0.15) is 60.3 Å². The molecule has 0 radical (unpaired) electrons. The van der Waals surface area contributed by atoms with Gasteiger partial charge in [-0.15, -0.1) is 0 Å². The van der Waals surface area contributed by atoms with Crippen molar-refractivity contribution < 1.29 is 4.74 Å². The summed E-state index contributed by atoms with van der Waals surface area (Å²) in [6.45, 7) is 12.2. The van der Waals surface area contributed by atoms with E-state index in [-0.39, 0.29) is 5.60 Å². The van der Waals surface area contributed by atoms with E-state index < -0.39 is 0 Å². The van der Waals surface area contributed by atoms with Gasteiger partial charge >= 0.3 is 0 Å². The van der Waals surface area contributed by atoms with E-state index in [4.69, 9.17) is 4.74 Å². The Morgan fingerprint density at radius 2 is 1.75 bits per heavy atom. The van der Waals surface area contributed by atoms with Crippen LogP contribution in [-0.4, -0.2) is 24.3 Å². The van der Waals surface area contributed by atoms with Gasteiger partial charge in [0.25, 0.3) is 0 Å². The monoisotopic (exact) mass is 227 g/mol. The number of ether oxygens (including phenoxy) is 1. The molecule has 1 atom stereocenters. The van der Waals surface area contributed by atoms with E-state index in [0.29, 0.717) is 18.1 Å². The van der Waals surface area contributed by atoms with Crippen LogP contribution in [0.2, 0.25) is 0 Å². The molecule has 0 heterocycles. The molecule has 0 aromatic carbocycles. The minimum atomic E-state index is 0.200. The second-order valence-corrected chi connectivity index (χ2v) is 5.96. The molecule has 0 saturated heterocycles. The van der Waals surface area contributed by atoms with Crippen LogP contribution in [-0.2, 0) is 4.74 Å². The highest BCUT2D eigenvalue weighted by Crippen LogP contribution is 2.40. The van der Waals surface area contributed by atoms with Gasteiger partial charge in [0.15, 0.2) is 0 Å². The molecular formula is C14H29NO. The van der Waals surface area contributed by atoms with Crippen LogP contribution in [0.3, 0.4) is 0 Å². The minimum absolute atomic E-state index is 0.200. The zero-order valence-corrected chi connectivity index (χ0v) is 11.7. The Morgan fingerprint density at radius 1 is 1.12 bits per heavy atom. The molecule has 0 spiro atoms. The van der Waals surface area contributed by atoms with Gasteiger partial charge in [-0.25, -0.2) is 0 Å². The Balaban J connectivity index is 2.32. The van der Waals surface area contributed by atoms with Gasteiger partial charge in [-0.1, -0.05) is 27.7 Å². The minimum Gasteiger partial charge on any atom is -0.372 e. The number of hydrogen-bond acceptors (Lipinski definition) is 2. The average Bonchev–Trinajstić information content (AvgIpc) is 2.12. The Hall–Kier alpha value is -0.0800. The average molecular weight is 227 g/mol. The van der Waals surface area contributed by atoms with Crippen molar-refractivity contribution in [2.45, 2.75) is 78.0 Å². The first kappa shape index (κ1) is 14.0. The molecule has 1 unspecified atom stereocenters. The van der Waals surface area contributed by atoms with E-state index in [9.17, 15) is 0 Å². The fraction of sp³-hybridized carbons (Fsp3) is 1.00. The van der Waals surface area contributed by atoms with Gasteiger partial charge in [-0.2, -0.15) is 0 Å². The van der Waals surface area contributed by atoms with Crippen molar-refractivity contribution in [3.05, 3.63) is 0 Å². The first-order valence-electron chi connectivity index (χ1n) is 6.86. The molecule has 0 aliphatic heterocycles. The van der Waals surface area contributed by atoms with Gasteiger partial charge in [-0.05, 0) is 45.1 Å². The van der Waals surface area contributed by atoms with Crippen molar-refractivity contribution in [3.63, 3.8) is 0 Å². The molecule has 0 aromatic rings. The van der Waals surface area contributed by atoms with Crippen LogP contribution >= 0.6 is 0 Å². The van der Waals surface area contributed by atoms with E-state index >= 15 is 0 Å². The summed E-state index contributed by atoms with van der Waals surface area (Å²) >= 11 is 0. The lowest BCUT2D eigenvalue weighted by Gasteiger charge is -2.44. The summed E-state index contributed by atoms with van der Waals surface area (Å²) in [6, 6.07) is 0.583. The van der Waals surface area contributed by atoms with Gasteiger partial charge in [0.2, 0.25) is 0 Å². The van der Waals surface area contributed by atoms with E-state index in [2.05, 4.69) is 39.9 Å². The topological polar surface area (TPSA) is 21.3 Å². The fourth-order valence-corrected chi connectivity index (χ4v) is 2.12. The van der Waals surface area contributed by atoms with Crippen molar-refractivity contribution in [3.8, 4) is 0 Å². The fourth-order valence-electron chi connectivity index (χ4n) is 2.12. The maximum absolute atomic E-state index is 6.28. The normalized spacial score (nSPS) is 21.2. The van der Waals surface area contributed by atoms with Crippen LogP contribution in [0, 0.1) is 5.92 Å². The zero-order chi connectivity index (χ0) is 12.2. The standard InChI is InChI=1S/C14H29NO/c1-11(2)13(5)16-14(7-6-8-14)9-10-15-12(3)4/h11-13,15H,6-10H2,1-5H3. The smallest absolute Gasteiger partial charge is 0.0698 e. The van der Waals surface area contributed by atoms with E-state index in [0.717, 1.165) is 6.54 Å². The summed E-state index contributed by atoms with van der Waals surface area (Å²) in [6.07, 6.45) is 5.40. The summed E-state index contributed by atoms with van der Waals surface area (Å²) in [5.74, 6) is 0.621. The number of nitrogens with one attached hydrogen (secondary N) is 1. The van der Waals surface area contributed by atoms with Gasteiger partial charge < -0.3 is 10.1 Å². The highest BCUT2D eigenvalue weighted by Gasteiger charge is 2.39. The molecule has 2 nitrogen and oxygen atoms in total. The lowest BCUT2D eigenvalue weighted by molar-refractivity contribution is -0.149. The Kier molecular flexibility index (Phi) is 5.26. The third kappa shape index (κ3) is 4.06. The molecule has 96 valence electrons. The SMILES string of the molecule is CC(C)NCCC1(OC(C)C(C)C)CCC1. The molecule has 0 bridgehead atoms. The lowest BCUT2D eigenvalue weighted by atomic mass is 9.77.